The number of allylic oxidation sites excluding steroid dienone is 3. The first-order valence-corrected chi connectivity index (χ1v) is 7.06. The predicted octanol–water partition coefficient (Wildman–Crippen LogP) is 2.44. The van der Waals surface area contributed by atoms with Crippen LogP contribution in [0.4, 0.5) is 0 Å². The van der Waals surface area contributed by atoms with Crippen molar-refractivity contribution < 1.29 is 19.1 Å². The monoisotopic (exact) mass is 278 g/mol. The van der Waals surface area contributed by atoms with Gasteiger partial charge < -0.3 is 9.47 Å². The Bertz CT molecular complexity index is 455. The second-order valence-corrected chi connectivity index (χ2v) is 6.21. The van der Waals surface area contributed by atoms with E-state index >= 15 is 0 Å². The molecule has 20 heavy (non-hydrogen) atoms. The van der Waals surface area contributed by atoms with E-state index in [1.54, 1.807) is 0 Å². The van der Waals surface area contributed by atoms with Gasteiger partial charge in [0, 0.05) is 5.92 Å². The van der Waals surface area contributed by atoms with E-state index in [4.69, 9.17) is 9.47 Å². The van der Waals surface area contributed by atoms with E-state index in [-0.39, 0.29) is 23.7 Å². The lowest BCUT2D eigenvalue weighted by Gasteiger charge is -2.36. The summed E-state index contributed by atoms with van der Waals surface area (Å²) in [5, 5.41) is 0. The predicted molar refractivity (Wildman–Crippen MR) is 75.1 cm³/mol. The number of ether oxygens (including phenoxy) is 2. The van der Waals surface area contributed by atoms with Crippen molar-refractivity contribution in [3.63, 3.8) is 0 Å². The summed E-state index contributed by atoms with van der Waals surface area (Å²) < 4.78 is 9.65. The highest BCUT2D eigenvalue weighted by Crippen LogP contribution is 2.41. The molecule has 1 saturated heterocycles. The molecule has 0 radical (unpaired) electrons. The third-order valence-electron chi connectivity index (χ3n) is 4.01. The molecule has 4 heteroatoms. The summed E-state index contributed by atoms with van der Waals surface area (Å²) in [7, 11) is 0. The number of rotatable bonds is 5. The molecule has 0 aromatic heterocycles. The van der Waals surface area contributed by atoms with Crippen LogP contribution in [0.1, 0.15) is 33.6 Å². The van der Waals surface area contributed by atoms with Gasteiger partial charge in [0.05, 0.1) is 6.61 Å². The largest absolute Gasteiger partial charge is 0.455 e. The summed E-state index contributed by atoms with van der Waals surface area (Å²) in [5.41, 5.74) is 1.46. The van der Waals surface area contributed by atoms with Crippen LogP contribution in [0.15, 0.2) is 23.8 Å². The maximum Gasteiger partial charge on any atom is 0.338 e. The van der Waals surface area contributed by atoms with Crippen LogP contribution in [-0.4, -0.2) is 31.1 Å². The molecule has 1 fully saturated rings. The zero-order valence-corrected chi connectivity index (χ0v) is 12.3. The summed E-state index contributed by atoms with van der Waals surface area (Å²) in [5.74, 6) is -0.364. The molecule has 4 nitrogen and oxygen atoms in total. The van der Waals surface area contributed by atoms with E-state index in [1.807, 2.05) is 6.08 Å². The van der Waals surface area contributed by atoms with Crippen molar-refractivity contribution in [1.29, 1.82) is 0 Å². The summed E-state index contributed by atoms with van der Waals surface area (Å²) in [6.45, 7) is 6.74. The van der Waals surface area contributed by atoms with Gasteiger partial charge in [-0.25, -0.2) is 4.79 Å². The van der Waals surface area contributed by atoms with Gasteiger partial charge in [0.15, 0.2) is 18.5 Å². The van der Waals surface area contributed by atoms with Gasteiger partial charge in [-0.3, -0.25) is 4.79 Å². The second kappa shape index (κ2) is 5.92. The first kappa shape index (κ1) is 15.0. The molecule has 110 valence electrons. The molecule has 0 aromatic carbocycles. The van der Waals surface area contributed by atoms with Crippen LogP contribution in [0.2, 0.25) is 0 Å². The number of ketones is 1. The standard InChI is InChI=1S/C16H22O4/c1-11-5-4-8-16(2,3)13(11)7-6-12(17)9-20-15(18)14-10-19-14/h5-7,13-14H,4,8-10H2,1-3H3/b7-6+. The molecular weight excluding hydrogens is 256 g/mol. The highest BCUT2D eigenvalue weighted by Gasteiger charge is 2.33. The van der Waals surface area contributed by atoms with Crippen LogP contribution in [0.5, 0.6) is 0 Å². The van der Waals surface area contributed by atoms with Crippen LogP contribution in [0.25, 0.3) is 0 Å². The van der Waals surface area contributed by atoms with Crippen molar-refractivity contribution in [2.45, 2.75) is 39.7 Å². The third kappa shape index (κ3) is 3.79. The first-order valence-electron chi connectivity index (χ1n) is 7.06. The maximum absolute atomic E-state index is 11.7. The lowest BCUT2D eigenvalue weighted by Crippen LogP contribution is -2.26. The molecular formula is C16H22O4. The molecule has 0 aromatic rings. The summed E-state index contributed by atoms with van der Waals surface area (Å²) in [6.07, 6.45) is 7.46. The molecule has 0 saturated carbocycles. The fourth-order valence-electron chi connectivity index (χ4n) is 2.65. The quantitative estimate of drug-likeness (QED) is 0.335. The molecule has 2 unspecified atom stereocenters. The van der Waals surface area contributed by atoms with Crippen LogP contribution >= 0.6 is 0 Å². The van der Waals surface area contributed by atoms with Crippen LogP contribution in [0.3, 0.4) is 0 Å². The number of hydrogen-bond acceptors (Lipinski definition) is 4. The minimum atomic E-state index is -0.450. The number of carbonyl (C=O) groups is 2. The second-order valence-electron chi connectivity index (χ2n) is 6.21. The Morgan fingerprint density at radius 2 is 2.20 bits per heavy atom. The molecule has 2 rings (SSSR count). The number of epoxide rings is 1. The number of esters is 1. The smallest absolute Gasteiger partial charge is 0.338 e. The Labute approximate surface area is 119 Å². The highest BCUT2D eigenvalue weighted by atomic mass is 16.6. The van der Waals surface area contributed by atoms with Gasteiger partial charge in [-0.1, -0.05) is 31.6 Å². The number of hydrogen-bond donors (Lipinski definition) is 0. The van der Waals surface area contributed by atoms with Crippen molar-refractivity contribution in [2.24, 2.45) is 11.3 Å². The minimum absolute atomic E-state index is 0.161. The SMILES string of the molecule is CC1=CCCC(C)(C)C1/C=C/C(=O)COC(=O)C1CO1. The molecule has 2 atom stereocenters. The van der Waals surface area contributed by atoms with Gasteiger partial charge in [-0.15, -0.1) is 0 Å². The molecule has 1 aliphatic carbocycles. The van der Waals surface area contributed by atoms with Gasteiger partial charge in [-0.05, 0) is 31.3 Å². The van der Waals surface area contributed by atoms with E-state index in [9.17, 15) is 9.59 Å². The van der Waals surface area contributed by atoms with Crippen LogP contribution in [-0.2, 0) is 19.1 Å². The van der Waals surface area contributed by atoms with E-state index in [0.717, 1.165) is 12.8 Å². The molecule has 0 N–H and O–H groups in total. The lowest BCUT2D eigenvalue weighted by atomic mass is 9.68. The van der Waals surface area contributed by atoms with E-state index in [2.05, 4.69) is 26.8 Å². The first-order chi connectivity index (χ1) is 9.40. The topological polar surface area (TPSA) is 55.9 Å². The van der Waals surface area contributed by atoms with Gasteiger partial charge >= 0.3 is 5.97 Å². The van der Waals surface area contributed by atoms with Gasteiger partial charge in [-0.2, -0.15) is 0 Å². The third-order valence-corrected chi connectivity index (χ3v) is 4.01. The molecule has 1 heterocycles. The van der Waals surface area contributed by atoms with Crippen molar-refractivity contribution in [2.75, 3.05) is 13.2 Å². The summed E-state index contributed by atoms with van der Waals surface area (Å²) >= 11 is 0. The molecule has 0 bridgehead atoms. The molecule has 2 aliphatic rings. The van der Waals surface area contributed by atoms with E-state index < -0.39 is 12.1 Å². The van der Waals surface area contributed by atoms with E-state index in [1.165, 1.54) is 11.6 Å². The van der Waals surface area contributed by atoms with Gasteiger partial charge in [0.1, 0.15) is 0 Å². The van der Waals surface area contributed by atoms with Gasteiger partial charge in [0.25, 0.3) is 0 Å². The Balaban J connectivity index is 1.87. The van der Waals surface area contributed by atoms with E-state index in [0.29, 0.717) is 6.61 Å². The lowest BCUT2D eigenvalue weighted by molar-refractivity contribution is -0.148. The Kier molecular flexibility index (Phi) is 4.43. The fourth-order valence-corrected chi connectivity index (χ4v) is 2.65. The average Bonchev–Trinajstić information content (AvgIpc) is 3.18. The zero-order valence-electron chi connectivity index (χ0n) is 12.3. The van der Waals surface area contributed by atoms with Crippen molar-refractivity contribution in [3.8, 4) is 0 Å². The summed E-state index contributed by atoms with van der Waals surface area (Å²) in [6, 6.07) is 0. The van der Waals surface area contributed by atoms with Crippen molar-refractivity contribution >= 4 is 11.8 Å². The molecule has 1 aliphatic heterocycles. The molecule has 0 amide bonds. The Morgan fingerprint density at radius 1 is 1.50 bits per heavy atom. The summed E-state index contributed by atoms with van der Waals surface area (Å²) in [4.78, 5) is 23.0. The maximum atomic E-state index is 11.7. The number of carbonyl (C=O) groups excluding carboxylic acids is 2. The van der Waals surface area contributed by atoms with Crippen molar-refractivity contribution in [1.82, 2.24) is 0 Å². The normalized spacial score (nSPS) is 28.1. The highest BCUT2D eigenvalue weighted by molar-refractivity contribution is 5.92. The van der Waals surface area contributed by atoms with Crippen LogP contribution < -0.4 is 0 Å². The Morgan fingerprint density at radius 3 is 2.80 bits per heavy atom. The zero-order chi connectivity index (χ0) is 14.8. The van der Waals surface area contributed by atoms with Crippen LogP contribution in [0, 0.1) is 11.3 Å². The fraction of sp³-hybridized carbons (Fsp3) is 0.625. The Hall–Kier alpha value is -1.42. The van der Waals surface area contributed by atoms with Gasteiger partial charge in [0.2, 0.25) is 0 Å². The minimum Gasteiger partial charge on any atom is -0.455 e. The van der Waals surface area contributed by atoms with Crippen molar-refractivity contribution in [3.05, 3.63) is 23.8 Å². The average molecular weight is 278 g/mol. The molecule has 0 spiro atoms.